The molecule has 0 aliphatic rings. The highest BCUT2D eigenvalue weighted by atomic mass is 32.1. The van der Waals surface area contributed by atoms with Crippen LogP contribution < -0.4 is 5.32 Å². The maximum absolute atomic E-state index is 11.6. The van der Waals surface area contributed by atoms with Crippen LogP contribution in [-0.4, -0.2) is 29.5 Å². The summed E-state index contributed by atoms with van der Waals surface area (Å²) >= 11 is 1.19. The highest BCUT2D eigenvalue weighted by Gasteiger charge is 2.16. The molecule has 1 aromatic carbocycles. The van der Waals surface area contributed by atoms with Gasteiger partial charge in [-0.25, -0.2) is 4.79 Å². The summed E-state index contributed by atoms with van der Waals surface area (Å²) in [4.78, 5) is 35.1. The van der Waals surface area contributed by atoms with Gasteiger partial charge in [-0.3, -0.25) is 14.9 Å². The number of carbonyl (C=O) groups excluding carboxylic acids is 3. The number of ether oxygens (including phenoxy) is 1. The number of carbonyl (C=O) groups is 3. The van der Waals surface area contributed by atoms with Crippen molar-refractivity contribution in [3.8, 4) is 5.75 Å². The molecule has 0 fully saturated rings. The van der Waals surface area contributed by atoms with Crippen LogP contribution in [0.15, 0.2) is 41.8 Å². The molecule has 0 saturated heterocycles. The Bertz CT molecular complexity index is 666. The van der Waals surface area contributed by atoms with Crippen LogP contribution in [0.5, 0.6) is 5.75 Å². The van der Waals surface area contributed by atoms with Gasteiger partial charge in [-0.2, -0.15) is 0 Å². The zero-order valence-corrected chi connectivity index (χ0v) is 11.6. The third-order valence-electron chi connectivity index (χ3n) is 2.46. The normalized spacial score (nSPS) is 9.90. The summed E-state index contributed by atoms with van der Waals surface area (Å²) in [5.74, 6) is -2.37. The van der Waals surface area contributed by atoms with Crippen molar-refractivity contribution in [2.75, 3.05) is 6.61 Å². The van der Waals surface area contributed by atoms with Crippen LogP contribution in [-0.2, 0) is 9.53 Å². The lowest BCUT2D eigenvalue weighted by Crippen LogP contribution is -2.33. The molecule has 21 heavy (non-hydrogen) atoms. The highest BCUT2D eigenvalue weighted by molar-refractivity contribution is 7.12. The van der Waals surface area contributed by atoms with E-state index in [1.54, 1.807) is 29.6 Å². The number of hydrogen-bond donors (Lipinski definition) is 2. The van der Waals surface area contributed by atoms with E-state index in [0.717, 1.165) is 0 Å². The lowest BCUT2D eigenvalue weighted by Gasteiger charge is -2.06. The predicted octanol–water partition coefficient (Wildman–Crippen LogP) is 1.57. The number of para-hydroxylation sites is 1. The zero-order chi connectivity index (χ0) is 15.2. The van der Waals surface area contributed by atoms with E-state index >= 15 is 0 Å². The third kappa shape index (κ3) is 3.90. The molecule has 2 N–H and O–H groups in total. The Morgan fingerprint density at radius 3 is 2.57 bits per heavy atom. The fraction of sp³-hybridized carbons (Fsp3) is 0.0714. The molecule has 0 aliphatic carbocycles. The third-order valence-corrected chi connectivity index (χ3v) is 3.32. The first kappa shape index (κ1) is 14.7. The monoisotopic (exact) mass is 305 g/mol. The quantitative estimate of drug-likeness (QED) is 0.836. The Labute approximate surface area is 124 Å². The van der Waals surface area contributed by atoms with E-state index in [0.29, 0.717) is 4.88 Å². The van der Waals surface area contributed by atoms with Gasteiger partial charge in [-0.1, -0.05) is 18.2 Å². The largest absolute Gasteiger partial charge is 0.507 e. The summed E-state index contributed by atoms with van der Waals surface area (Å²) in [5.41, 5.74) is -0.0464. The second kappa shape index (κ2) is 6.67. The number of nitrogens with one attached hydrogen (secondary N) is 1. The van der Waals surface area contributed by atoms with Crippen molar-refractivity contribution in [2.24, 2.45) is 0 Å². The van der Waals surface area contributed by atoms with Gasteiger partial charge in [-0.15, -0.1) is 11.3 Å². The van der Waals surface area contributed by atoms with Gasteiger partial charge in [-0.05, 0) is 23.6 Å². The first-order chi connectivity index (χ1) is 10.1. The van der Waals surface area contributed by atoms with Crippen molar-refractivity contribution in [1.29, 1.82) is 0 Å². The van der Waals surface area contributed by atoms with Gasteiger partial charge in [0.15, 0.2) is 6.61 Å². The molecule has 6 nitrogen and oxygen atoms in total. The lowest BCUT2D eigenvalue weighted by atomic mass is 10.2. The number of aromatic hydroxyl groups is 1. The lowest BCUT2D eigenvalue weighted by molar-refractivity contribution is -0.123. The van der Waals surface area contributed by atoms with Gasteiger partial charge in [0.05, 0.1) is 4.88 Å². The smallest absolute Gasteiger partial charge is 0.342 e. The molecule has 2 amide bonds. The Morgan fingerprint density at radius 2 is 1.90 bits per heavy atom. The number of imide groups is 1. The van der Waals surface area contributed by atoms with Crippen LogP contribution >= 0.6 is 11.3 Å². The first-order valence-electron chi connectivity index (χ1n) is 5.90. The van der Waals surface area contributed by atoms with Gasteiger partial charge in [0.1, 0.15) is 11.3 Å². The molecular formula is C14H11NO5S. The summed E-state index contributed by atoms with van der Waals surface area (Å²) in [6.07, 6.45) is 0. The number of hydrogen-bond acceptors (Lipinski definition) is 6. The molecule has 1 aromatic heterocycles. The van der Waals surface area contributed by atoms with Gasteiger partial charge >= 0.3 is 5.97 Å². The molecule has 0 spiro atoms. The second-order valence-electron chi connectivity index (χ2n) is 3.95. The van der Waals surface area contributed by atoms with E-state index in [9.17, 15) is 19.5 Å². The average Bonchev–Trinajstić information content (AvgIpc) is 2.99. The zero-order valence-electron chi connectivity index (χ0n) is 10.7. The van der Waals surface area contributed by atoms with Crippen molar-refractivity contribution in [1.82, 2.24) is 5.32 Å². The molecule has 0 unspecified atom stereocenters. The molecule has 2 aromatic rings. The van der Waals surface area contributed by atoms with Crippen molar-refractivity contribution in [3.63, 3.8) is 0 Å². The predicted molar refractivity (Wildman–Crippen MR) is 75.2 cm³/mol. The number of phenols is 1. The minimum atomic E-state index is -0.841. The van der Waals surface area contributed by atoms with E-state index in [1.807, 2.05) is 0 Å². The minimum absolute atomic E-state index is 0.0464. The van der Waals surface area contributed by atoms with E-state index in [-0.39, 0.29) is 11.3 Å². The summed E-state index contributed by atoms with van der Waals surface area (Å²) in [7, 11) is 0. The number of phenolic OH excluding ortho intramolecular Hbond substituents is 1. The summed E-state index contributed by atoms with van der Waals surface area (Å²) in [5, 5.41) is 13.3. The van der Waals surface area contributed by atoms with Crippen LogP contribution in [0.2, 0.25) is 0 Å². The molecule has 0 radical (unpaired) electrons. The van der Waals surface area contributed by atoms with Crippen LogP contribution in [0.1, 0.15) is 20.0 Å². The molecule has 1 heterocycles. The topological polar surface area (TPSA) is 92.7 Å². The number of rotatable bonds is 4. The fourth-order valence-corrected chi connectivity index (χ4v) is 2.11. The summed E-state index contributed by atoms with van der Waals surface area (Å²) < 4.78 is 4.73. The minimum Gasteiger partial charge on any atom is -0.507 e. The van der Waals surface area contributed by atoms with Crippen molar-refractivity contribution < 1.29 is 24.2 Å². The standard InChI is InChI=1S/C14H11NO5S/c16-10-5-2-1-4-9(10)14(19)20-8-12(17)15-13(18)11-6-3-7-21-11/h1-7,16H,8H2,(H,15,17,18). The molecule has 0 aliphatic heterocycles. The number of benzene rings is 1. The first-order valence-corrected chi connectivity index (χ1v) is 6.78. The second-order valence-corrected chi connectivity index (χ2v) is 4.90. The molecule has 0 atom stereocenters. The molecule has 7 heteroatoms. The van der Waals surface area contributed by atoms with Crippen molar-refractivity contribution >= 4 is 29.1 Å². The average molecular weight is 305 g/mol. The maximum Gasteiger partial charge on any atom is 0.342 e. The maximum atomic E-state index is 11.6. The van der Waals surface area contributed by atoms with E-state index in [2.05, 4.69) is 5.32 Å². The fourth-order valence-electron chi connectivity index (χ4n) is 1.49. The molecule has 2 rings (SSSR count). The van der Waals surface area contributed by atoms with E-state index in [4.69, 9.17) is 4.74 Å². The highest BCUT2D eigenvalue weighted by Crippen LogP contribution is 2.16. The van der Waals surface area contributed by atoms with E-state index < -0.39 is 24.4 Å². The molecule has 0 bridgehead atoms. The Balaban J connectivity index is 1.86. The van der Waals surface area contributed by atoms with Gasteiger partial charge in [0.25, 0.3) is 11.8 Å². The molecule has 108 valence electrons. The van der Waals surface area contributed by atoms with Gasteiger partial charge in [0.2, 0.25) is 0 Å². The number of esters is 1. The van der Waals surface area contributed by atoms with Crippen molar-refractivity contribution in [2.45, 2.75) is 0 Å². The molecule has 0 saturated carbocycles. The van der Waals surface area contributed by atoms with Gasteiger partial charge in [0, 0.05) is 0 Å². The summed E-state index contributed by atoms with van der Waals surface area (Å²) in [6.45, 7) is -0.607. The Kier molecular flexibility index (Phi) is 4.68. The SMILES string of the molecule is O=C(COC(=O)c1ccccc1O)NC(=O)c1cccs1. The van der Waals surface area contributed by atoms with Crippen LogP contribution in [0.25, 0.3) is 0 Å². The van der Waals surface area contributed by atoms with Gasteiger partial charge < -0.3 is 9.84 Å². The number of amides is 2. The Morgan fingerprint density at radius 1 is 1.14 bits per heavy atom. The van der Waals surface area contributed by atoms with Crippen LogP contribution in [0.3, 0.4) is 0 Å². The molecular weight excluding hydrogens is 294 g/mol. The van der Waals surface area contributed by atoms with E-state index in [1.165, 1.54) is 23.5 Å². The number of thiophene rings is 1. The van der Waals surface area contributed by atoms with Crippen LogP contribution in [0.4, 0.5) is 0 Å². The summed E-state index contributed by atoms with van der Waals surface area (Å²) in [6, 6.07) is 9.06. The van der Waals surface area contributed by atoms with Crippen LogP contribution in [0, 0.1) is 0 Å². The van der Waals surface area contributed by atoms with Crippen molar-refractivity contribution in [3.05, 3.63) is 52.2 Å². The Hall–Kier alpha value is -2.67.